The number of pyridine rings is 1. The Bertz CT molecular complexity index is 584. The van der Waals surface area contributed by atoms with Crippen LogP contribution in [0.3, 0.4) is 0 Å². The highest BCUT2D eigenvalue weighted by Gasteiger charge is 2.03. The molecule has 0 aliphatic heterocycles. The van der Waals surface area contributed by atoms with Crippen molar-refractivity contribution in [1.82, 2.24) is 4.98 Å². The van der Waals surface area contributed by atoms with Gasteiger partial charge in [0.15, 0.2) is 0 Å². The Labute approximate surface area is 118 Å². The SMILES string of the molecule is COc1cc(C)nc(CNc2cc(Cl)ccc2C)c1. The van der Waals surface area contributed by atoms with Crippen LogP contribution in [0.2, 0.25) is 5.02 Å². The van der Waals surface area contributed by atoms with E-state index in [1.165, 1.54) is 0 Å². The number of aromatic nitrogens is 1. The van der Waals surface area contributed by atoms with Crippen LogP contribution in [0.5, 0.6) is 5.75 Å². The molecule has 1 aromatic carbocycles. The third-order valence-electron chi connectivity index (χ3n) is 2.88. The zero-order valence-corrected chi connectivity index (χ0v) is 12.1. The third-order valence-corrected chi connectivity index (χ3v) is 3.11. The van der Waals surface area contributed by atoms with Gasteiger partial charge >= 0.3 is 0 Å². The number of nitrogens with one attached hydrogen (secondary N) is 1. The Morgan fingerprint density at radius 1 is 1.21 bits per heavy atom. The Morgan fingerprint density at radius 3 is 2.74 bits per heavy atom. The Hall–Kier alpha value is -1.74. The van der Waals surface area contributed by atoms with E-state index in [1.54, 1.807) is 7.11 Å². The van der Waals surface area contributed by atoms with E-state index in [2.05, 4.69) is 10.3 Å². The predicted octanol–water partition coefficient (Wildman–Crippen LogP) is 3.97. The molecule has 1 aromatic heterocycles. The molecule has 1 heterocycles. The molecule has 0 saturated heterocycles. The molecule has 0 unspecified atom stereocenters. The summed E-state index contributed by atoms with van der Waals surface area (Å²) >= 11 is 6.00. The van der Waals surface area contributed by atoms with Crippen molar-refractivity contribution < 1.29 is 4.74 Å². The van der Waals surface area contributed by atoms with Crippen LogP contribution in [0, 0.1) is 13.8 Å². The molecule has 100 valence electrons. The van der Waals surface area contributed by atoms with Gasteiger partial charge < -0.3 is 10.1 Å². The smallest absolute Gasteiger partial charge is 0.122 e. The van der Waals surface area contributed by atoms with E-state index >= 15 is 0 Å². The van der Waals surface area contributed by atoms with Crippen molar-refractivity contribution in [3.8, 4) is 5.75 Å². The highest BCUT2D eigenvalue weighted by atomic mass is 35.5. The molecule has 0 bridgehead atoms. The number of aryl methyl sites for hydroxylation is 2. The first kappa shape index (κ1) is 13.7. The van der Waals surface area contributed by atoms with E-state index in [0.29, 0.717) is 6.54 Å². The monoisotopic (exact) mass is 276 g/mol. The van der Waals surface area contributed by atoms with Gasteiger partial charge in [-0.2, -0.15) is 0 Å². The van der Waals surface area contributed by atoms with Gasteiger partial charge in [-0.1, -0.05) is 17.7 Å². The quantitative estimate of drug-likeness (QED) is 0.917. The molecule has 0 aliphatic rings. The van der Waals surface area contributed by atoms with Crippen LogP contribution in [0.25, 0.3) is 0 Å². The molecular weight excluding hydrogens is 260 g/mol. The van der Waals surface area contributed by atoms with Crippen molar-refractivity contribution in [2.45, 2.75) is 20.4 Å². The lowest BCUT2D eigenvalue weighted by Gasteiger charge is -2.11. The summed E-state index contributed by atoms with van der Waals surface area (Å²) in [6.45, 7) is 4.64. The van der Waals surface area contributed by atoms with Crippen LogP contribution in [0.15, 0.2) is 30.3 Å². The summed E-state index contributed by atoms with van der Waals surface area (Å²) in [4.78, 5) is 4.47. The third kappa shape index (κ3) is 3.61. The maximum Gasteiger partial charge on any atom is 0.122 e. The molecule has 0 radical (unpaired) electrons. The van der Waals surface area contributed by atoms with E-state index in [0.717, 1.165) is 33.4 Å². The molecule has 0 fully saturated rings. The van der Waals surface area contributed by atoms with Crippen LogP contribution in [0.1, 0.15) is 17.0 Å². The van der Waals surface area contributed by atoms with Crippen molar-refractivity contribution in [3.05, 3.63) is 52.3 Å². The first-order chi connectivity index (χ1) is 9.08. The Balaban J connectivity index is 2.14. The highest BCUT2D eigenvalue weighted by Crippen LogP contribution is 2.21. The maximum atomic E-state index is 6.00. The van der Waals surface area contributed by atoms with E-state index in [1.807, 2.05) is 44.2 Å². The van der Waals surface area contributed by atoms with Gasteiger partial charge in [0.05, 0.1) is 19.3 Å². The van der Waals surface area contributed by atoms with Gasteiger partial charge in [-0.25, -0.2) is 0 Å². The second-order valence-corrected chi connectivity index (χ2v) is 4.89. The van der Waals surface area contributed by atoms with Crippen molar-refractivity contribution in [3.63, 3.8) is 0 Å². The fourth-order valence-corrected chi connectivity index (χ4v) is 2.05. The highest BCUT2D eigenvalue weighted by molar-refractivity contribution is 6.30. The van der Waals surface area contributed by atoms with E-state index in [9.17, 15) is 0 Å². The average molecular weight is 277 g/mol. The zero-order chi connectivity index (χ0) is 13.8. The Morgan fingerprint density at radius 2 is 2.00 bits per heavy atom. The molecule has 0 atom stereocenters. The van der Waals surface area contributed by atoms with Crippen molar-refractivity contribution in [2.24, 2.45) is 0 Å². The summed E-state index contributed by atoms with van der Waals surface area (Å²) in [5.41, 5.74) is 4.06. The molecule has 2 rings (SSSR count). The van der Waals surface area contributed by atoms with Crippen LogP contribution in [-0.4, -0.2) is 12.1 Å². The first-order valence-electron chi connectivity index (χ1n) is 6.10. The summed E-state index contributed by atoms with van der Waals surface area (Å²) in [6, 6.07) is 9.64. The Kier molecular flexibility index (Phi) is 4.27. The van der Waals surface area contributed by atoms with Gasteiger partial charge in [0, 0.05) is 28.5 Å². The molecule has 0 saturated carbocycles. The van der Waals surface area contributed by atoms with Crippen molar-refractivity contribution in [2.75, 3.05) is 12.4 Å². The normalized spacial score (nSPS) is 10.3. The summed E-state index contributed by atoms with van der Waals surface area (Å²) in [7, 11) is 1.66. The van der Waals surface area contributed by atoms with E-state index in [4.69, 9.17) is 16.3 Å². The van der Waals surface area contributed by atoms with Gasteiger partial charge in [0.25, 0.3) is 0 Å². The molecule has 3 nitrogen and oxygen atoms in total. The van der Waals surface area contributed by atoms with Crippen molar-refractivity contribution in [1.29, 1.82) is 0 Å². The second kappa shape index (κ2) is 5.93. The van der Waals surface area contributed by atoms with Gasteiger partial charge in [-0.3, -0.25) is 4.98 Å². The fourth-order valence-electron chi connectivity index (χ4n) is 1.88. The maximum absolute atomic E-state index is 6.00. The molecule has 0 spiro atoms. The standard InChI is InChI=1S/C15H17ClN2O/c1-10-4-5-12(16)7-15(10)17-9-13-8-14(19-3)6-11(2)18-13/h4-8,17H,9H2,1-3H3. The minimum Gasteiger partial charge on any atom is -0.497 e. The summed E-state index contributed by atoms with van der Waals surface area (Å²) in [5, 5.41) is 4.07. The molecule has 19 heavy (non-hydrogen) atoms. The fraction of sp³-hybridized carbons (Fsp3) is 0.267. The molecule has 2 aromatic rings. The van der Waals surface area contributed by atoms with Crippen LogP contribution >= 0.6 is 11.6 Å². The second-order valence-electron chi connectivity index (χ2n) is 4.45. The molecular formula is C15H17ClN2O. The topological polar surface area (TPSA) is 34.1 Å². The van der Waals surface area contributed by atoms with Gasteiger partial charge in [0.1, 0.15) is 5.75 Å². The average Bonchev–Trinajstić information content (AvgIpc) is 2.39. The van der Waals surface area contributed by atoms with Crippen LogP contribution in [0.4, 0.5) is 5.69 Å². The number of halogens is 1. The van der Waals surface area contributed by atoms with Gasteiger partial charge in [-0.05, 0) is 31.5 Å². The molecule has 1 N–H and O–H groups in total. The van der Waals surface area contributed by atoms with Crippen molar-refractivity contribution >= 4 is 17.3 Å². The number of anilines is 1. The molecule has 0 aliphatic carbocycles. The number of methoxy groups -OCH3 is 1. The largest absolute Gasteiger partial charge is 0.497 e. The van der Waals surface area contributed by atoms with Crippen LogP contribution in [-0.2, 0) is 6.54 Å². The number of ether oxygens (including phenoxy) is 1. The summed E-state index contributed by atoms with van der Waals surface area (Å²) in [6.07, 6.45) is 0. The minimum absolute atomic E-state index is 0.638. The number of rotatable bonds is 4. The lowest BCUT2D eigenvalue weighted by atomic mass is 10.2. The number of benzene rings is 1. The minimum atomic E-state index is 0.638. The summed E-state index contributed by atoms with van der Waals surface area (Å²) < 4.78 is 5.24. The number of hydrogen-bond acceptors (Lipinski definition) is 3. The lowest BCUT2D eigenvalue weighted by molar-refractivity contribution is 0.413. The van der Waals surface area contributed by atoms with Crippen LogP contribution < -0.4 is 10.1 Å². The van der Waals surface area contributed by atoms with E-state index in [-0.39, 0.29) is 0 Å². The lowest BCUT2D eigenvalue weighted by Crippen LogP contribution is -2.04. The number of hydrogen-bond donors (Lipinski definition) is 1. The first-order valence-corrected chi connectivity index (χ1v) is 6.48. The summed E-state index contributed by atoms with van der Waals surface area (Å²) in [5.74, 6) is 0.826. The molecule has 0 amide bonds. The van der Waals surface area contributed by atoms with Gasteiger partial charge in [-0.15, -0.1) is 0 Å². The predicted molar refractivity (Wildman–Crippen MR) is 79.0 cm³/mol. The van der Waals surface area contributed by atoms with E-state index < -0.39 is 0 Å². The zero-order valence-electron chi connectivity index (χ0n) is 11.3. The number of nitrogens with zero attached hydrogens (tertiary/aromatic N) is 1. The molecule has 4 heteroatoms. The van der Waals surface area contributed by atoms with Gasteiger partial charge in [0.2, 0.25) is 0 Å².